The molecular weight excluding hydrogens is 308 g/mol. The molecule has 23 heavy (non-hydrogen) atoms. The fourth-order valence-corrected chi connectivity index (χ4v) is 1.77. The van der Waals surface area contributed by atoms with Crippen molar-refractivity contribution in [2.75, 3.05) is 5.32 Å². The molecule has 0 atom stereocenters. The van der Waals surface area contributed by atoms with E-state index >= 15 is 0 Å². The highest BCUT2D eigenvalue weighted by atomic mass is 19.3. The first-order chi connectivity index (χ1) is 10.9. The molecule has 0 radical (unpaired) electrons. The first kappa shape index (κ1) is 16.4. The van der Waals surface area contributed by atoms with E-state index in [4.69, 9.17) is 4.74 Å². The second-order valence-corrected chi connectivity index (χ2v) is 4.50. The van der Waals surface area contributed by atoms with Gasteiger partial charge < -0.3 is 14.8 Å². The Labute approximate surface area is 130 Å². The van der Waals surface area contributed by atoms with Crippen molar-refractivity contribution in [1.29, 1.82) is 0 Å². The molecule has 0 aliphatic rings. The number of carbonyl (C=O) groups is 2. The maximum atomic E-state index is 12.2. The van der Waals surface area contributed by atoms with Gasteiger partial charge in [-0.25, -0.2) is 4.79 Å². The van der Waals surface area contributed by atoms with Crippen molar-refractivity contribution in [1.82, 2.24) is 0 Å². The van der Waals surface area contributed by atoms with E-state index in [9.17, 15) is 18.4 Å². The Hall–Kier alpha value is -2.96. The van der Waals surface area contributed by atoms with Crippen molar-refractivity contribution in [2.45, 2.75) is 13.5 Å². The molecule has 0 unspecified atom stereocenters. The second kappa shape index (κ2) is 7.35. The van der Waals surface area contributed by atoms with Crippen LogP contribution in [0.5, 0.6) is 11.5 Å². The van der Waals surface area contributed by atoms with Crippen molar-refractivity contribution in [3.05, 3.63) is 54.1 Å². The number of rotatable bonds is 5. The van der Waals surface area contributed by atoms with Crippen LogP contribution in [0.2, 0.25) is 0 Å². The van der Waals surface area contributed by atoms with Crippen molar-refractivity contribution in [3.63, 3.8) is 0 Å². The van der Waals surface area contributed by atoms with Crippen molar-refractivity contribution in [3.8, 4) is 11.5 Å². The van der Waals surface area contributed by atoms with Crippen LogP contribution in [0.4, 0.5) is 14.5 Å². The van der Waals surface area contributed by atoms with Crippen molar-refractivity contribution < 1.29 is 27.8 Å². The van der Waals surface area contributed by atoms with E-state index in [0.29, 0.717) is 5.69 Å². The zero-order valence-corrected chi connectivity index (χ0v) is 12.1. The molecule has 0 aliphatic heterocycles. The average Bonchev–Trinajstić information content (AvgIpc) is 2.48. The highest BCUT2D eigenvalue weighted by Crippen LogP contribution is 2.20. The lowest BCUT2D eigenvalue weighted by atomic mass is 10.2. The minimum atomic E-state index is -2.97. The Balaban J connectivity index is 2.05. The summed E-state index contributed by atoms with van der Waals surface area (Å²) in [6.45, 7) is -1.59. The van der Waals surface area contributed by atoms with Gasteiger partial charge in [0, 0.05) is 12.6 Å². The van der Waals surface area contributed by atoms with Gasteiger partial charge in [0.1, 0.15) is 11.5 Å². The van der Waals surface area contributed by atoms with Gasteiger partial charge in [-0.05, 0) is 42.5 Å². The van der Waals surface area contributed by atoms with Crippen LogP contribution in [0.3, 0.4) is 0 Å². The summed E-state index contributed by atoms with van der Waals surface area (Å²) in [7, 11) is 0. The Bertz CT molecular complexity index is 701. The van der Waals surface area contributed by atoms with Gasteiger partial charge in [0.2, 0.25) is 5.91 Å². The van der Waals surface area contributed by atoms with Gasteiger partial charge in [0.05, 0.1) is 5.56 Å². The molecule has 0 fully saturated rings. The summed E-state index contributed by atoms with van der Waals surface area (Å²) in [6.07, 6.45) is 0. The van der Waals surface area contributed by atoms with Gasteiger partial charge >= 0.3 is 12.6 Å². The average molecular weight is 321 g/mol. The van der Waals surface area contributed by atoms with Crippen LogP contribution in [-0.4, -0.2) is 18.5 Å². The molecule has 2 aromatic rings. The van der Waals surface area contributed by atoms with Gasteiger partial charge in [-0.2, -0.15) is 8.78 Å². The third kappa shape index (κ3) is 5.06. The molecule has 0 aliphatic carbocycles. The lowest BCUT2D eigenvalue weighted by molar-refractivity contribution is -0.114. The Morgan fingerprint density at radius 3 is 2.35 bits per heavy atom. The number of nitrogens with one attached hydrogen (secondary N) is 1. The van der Waals surface area contributed by atoms with Crippen LogP contribution >= 0.6 is 0 Å². The minimum absolute atomic E-state index is 0.0779. The molecular formula is C16H13F2NO4. The van der Waals surface area contributed by atoms with Crippen LogP contribution in [0.25, 0.3) is 0 Å². The Morgan fingerprint density at radius 2 is 1.74 bits per heavy atom. The first-order valence-corrected chi connectivity index (χ1v) is 6.59. The number of amides is 1. The van der Waals surface area contributed by atoms with E-state index in [1.54, 1.807) is 12.1 Å². The molecule has 0 saturated heterocycles. The van der Waals surface area contributed by atoms with E-state index in [1.807, 2.05) is 0 Å². The number of benzene rings is 2. The molecule has 0 aromatic heterocycles. The second-order valence-electron chi connectivity index (χ2n) is 4.50. The summed E-state index contributed by atoms with van der Waals surface area (Å²) >= 11 is 0. The maximum absolute atomic E-state index is 12.2. The summed E-state index contributed by atoms with van der Waals surface area (Å²) in [5.74, 6) is -0.803. The SMILES string of the molecule is CC(=O)Nc1ccc(OC(=O)c2cccc(OC(F)F)c2)cc1. The van der Waals surface area contributed by atoms with E-state index < -0.39 is 12.6 Å². The highest BCUT2D eigenvalue weighted by molar-refractivity contribution is 5.92. The first-order valence-electron chi connectivity index (χ1n) is 6.59. The molecule has 120 valence electrons. The van der Waals surface area contributed by atoms with E-state index in [0.717, 1.165) is 0 Å². The summed E-state index contributed by atoms with van der Waals surface area (Å²) < 4.78 is 33.7. The number of ether oxygens (including phenoxy) is 2. The number of halogens is 2. The predicted molar refractivity (Wildman–Crippen MR) is 78.8 cm³/mol. The molecule has 0 spiro atoms. The molecule has 0 heterocycles. The fourth-order valence-electron chi connectivity index (χ4n) is 1.77. The van der Waals surface area contributed by atoms with Crippen molar-refractivity contribution in [2.24, 2.45) is 0 Å². The Morgan fingerprint density at radius 1 is 1.04 bits per heavy atom. The highest BCUT2D eigenvalue weighted by Gasteiger charge is 2.11. The number of carbonyl (C=O) groups excluding carboxylic acids is 2. The third-order valence-electron chi connectivity index (χ3n) is 2.68. The van der Waals surface area contributed by atoms with Crippen LogP contribution in [0.1, 0.15) is 17.3 Å². The number of hydrogen-bond acceptors (Lipinski definition) is 4. The van der Waals surface area contributed by atoms with Crippen LogP contribution in [-0.2, 0) is 4.79 Å². The zero-order chi connectivity index (χ0) is 16.8. The maximum Gasteiger partial charge on any atom is 0.387 e. The molecule has 7 heteroatoms. The topological polar surface area (TPSA) is 64.6 Å². The summed E-state index contributed by atoms with van der Waals surface area (Å²) in [5.41, 5.74) is 0.638. The number of alkyl halides is 2. The number of anilines is 1. The van der Waals surface area contributed by atoms with E-state index in [2.05, 4.69) is 10.1 Å². The molecule has 2 aromatic carbocycles. The summed E-state index contributed by atoms with van der Waals surface area (Å²) in [4.78, 5) is 22.9. The van der Waals surface area contributed by atoms with Crippen LogP contribution in [0.15, 0.2) is 48.5 Å². The van der Waals surface area contributed by atoms with Gasteiger partial charge in [-0.3, -0.25) is 4.79 Å². The fraction of sp³-hybridized carbons (Fsp3) is 0.125. The van der Waals surface area contributed by atoms with Gasteiger partial charge in [-0.15, -0.1) is 0 Å². The molecule has 5 nitrogen and oxygen atoms in total. The third-order valence-corrected chi connectivity index (χ3v) is 2.68. The van der Waals surface area contributed by atoms with Gasteiger partial charge in [0.15, 0.2) is 0 Å². The van der Waals surface area contributed by atoms with Crippen molar-refractivity contribution >= 4 is 17.6 Å². The molecule has 1 N–H and O–H groups in total. The Kier molecular flexibility index (Phi) is 5.24. The molecule has 0 bridgehead atoms. The summed E-state index contributed by atoms with van der Waals surface area (Å²) in [5, 5.41) is 2.58. The largest absolute Gasteiger partial charge is 0.435 e. The molecule has 2 rings (SSSR count). The van der Waals surface area contributed by atoms with Gasteiger partial charge in [-0.1, -0.05) is 6.07 Å². The molecule has 1 amide bonds. The molecule has 0 saturated carbocycles. The monoisotopic (exact) mass is 321 g/mol. The minimum Gasteiger partial charge on any atom is -0.435 e. The predicted octanol–water partition coefficient (Wildman–Crippen LogP) is 3.47. The van der Waals surface area contributed by atoms with Gasteiger partial charge in [0.25, 0.3) is 0 Å². The lowest BCUT2D eigenvalue weighted by Gasteiger charge is -2.08. The number of esters is 1. The quantitative estimate of drug-likeness (QED) is 0.676. The van der Waals surface area contributed by atoms with Crippen LogP contribution in [0, 0.1) is 0 Å². The zero-order valence-electron chi connectivity index (χ0n) is 12.1. The lowest BCUT2D eigenvalue weighted by Crippen LogP contribution is -2.10. The summed E-state index contributed by atoms with van der Waals surface area (Å²) in [6, 6.07) is 11.5. The normalized spacial score (nSPS) is 10.3. The standard InChI is InChI=1S/C16H13F2NO4/c1-10(20)19-12-5-7-13(8-6-12)22-15(21)11-3-2-4-14(9-11)23-16(17)18/h2-9,16H,1H3,(H,19,20). The van der Waals surface area contributed by atoms with Crippen LogP contribution < -0.4 is 14.8 Å². The number of hydrogen-bond donors (Lipinski definition) is 1. The smallest absolute Gasteiger partial charge is 0.387 e. The van der Waals surface area contributed by atoms with E-state index in [1.165, 1.54) is 43.3 Å². The van der Waals surface area contributed by atoms with E-state index in [-0.39, 0.29) is 23.0 Å².